The highest BCUT2D eigenvalue weighted by molar-refractivity contribution is 6.30. The van der Waals surface area contributed by atoms with Gasteiger partial charge >= 0.3 is 0 Å². The quantitative estimate of drug-likeness (QED) is 0.901. The second-order valence-electron chi connectivity index (χ2n) is 3.73. The molecule has 0 heterocycles. The van der Waals surface area contributed by atoms with Gasteiger partial charge in [-0.05, 0) is 41.0 Å². The van der Waals surface area contributed by atoms with Crippen LogP contribution in [0.25, 0.3) is 11.1 Å². The molecule has 88 valence electrons. The summed E-state index contributed by atoms with van der Waals surface area (Å²) >= 11 is 5.96. The molecule has 0 radical (unpaired) electrons. The maximum absolute atomic E-state index is 5.96. The van der Waals surface area contributed by atoms with Crippen molar-refractivity contribution in [3.05, 3.63) is 53.1 Å². The van der Waals surface area contributed by atoms with E-state index in [-0.39, 0.29) is 0 Å². The molecule has 0 atom stereocenters. The molecule has 0 bridgehead atoms. The fourth-order valence-corrected chi connectivity index (χ4v) is 1.98. The highest BCUT2D eigenvalue weighted by Gasteiger charge is 2.04. The van der Waals surface area contributed by atoms with E-state index in [2.05, 4.69) is 0 Å². The van der Waals surface area contributed by atoms with Gasteiger partial charge in [0.05, 0.1) is 7.11 Å². The number of benzene rings is 2. The van der Waals surface area contributed by atoms with Gasteiger partial charge in [-0.3, -0.25) is 0 Å². The Kier molecular flexibility index (Phi) is 3.67. The lowest BCUT2D eigenvalue weighted by Crippen LogP contribution is -1.98. The Bertz CT molecular complexity index is 508. The van der Waals surface area contributed by atoms with E-state index < -0.39 is 0 Å². The average Bonchev–Trinajstić information content (AvgIpc) is 2.39. The number of hydrogen-bond acceptors (Lipinski definition) is 2. The van der Waals surface area contributed by atoms with Gasteiger partial charge < -0.3 is 10.5 Å². The zero-order valence-corrected chi connectivity index (χ0v) is 10.4. The molecule has 17 heavy (non-hydrogen) atoms. The summed E-state index contributed by atoms with van der Waals surface area (Å²) in [5.41, 5.74) is 9.00. The predicted octanol–water partition coefficient (Wildman–Crippen LogP) is 3.47. The van der Waals surface area contributed by atoms with Gasteiger partial charge in [0, 0.05) is 11.6 Å². The second-order valence-corrected chi connectivity index (χ2v) is 4.17. The van der Waals surface area contributed by atoms with Gasteiger partial charge in [-0.15, -0.1) is 0 Å². The molecule has 2 aromatic carbocycles. The minimum atomic E-state index is 0.474. The summed E-state index contributed by atoms with van der Waals surface area (Å²) in [4.78, 5) is 0. The van der Waals surface area contributed by atoms with Crippen molar-refractivity contribution in [3.63, 3.8) is 0 Å². The van der Waals surface area contributed by atoms with Crippen LogP contribution >= 0.6 is 11.6 Å². The third-order valence-electron chi connectivity index (χ3n) is 2.69. The minimum Gasteiger partial charge on any atom is -0.497 e. The first-order chi connectivity index (χ1) is 8.24. The van der Waals surface area contributed by atoms with Crippen LogP contribution in [0, 0.1) is 0 Å². The second kappa shape index (κ2) is 5.21. The van der Waals surface area contributed by atoms with Crippen LogP contribution in [0.15, 0.2) is 42.5 Å². The van der Waals surface area contributed by atoms with Gasteiger partial charge in [0.2, 0.25) is 0 Å². The Morgan fingerprint density at radius 1 is 1.12 bits per heavy atom. The maximum Gasteiger partial charge on any atom is 0.118 e. The number of hydrogen-bond donors (Lipinski definition) is 1. The van der Waals surface area contributed by atoms with Gasteiger partial charge in [0.1, 0.15) is 5.75 Å². The smallest absolute Gasteiger partial charge is 0.118 e. The Balaban J connectivity index is 2.44. The topological polar surface area (TPSA) is 35.2 Å². The van der Waals surface area contributed by atoms with Crippen LogP contribution < -0.4 is 10.5 Å². The average molecular weight is 248 g/mol. The van der Waals surface area contributed by atoms with Gasteiger partial charge in [-0.1, -0.05) is 29.8 Å². The van der Waals surface area contributed by atoms with Crippen molar-refractivity contribution in [1.29, 1.82) is 0 Å². The molecule has 2 rings (SSSR count). The first-order valence-electron chi connectivity index (χ1n) is 5.37. The van der Waals surface area contributed by atoms with Crippen molar-refractivity contribution < 1.29 is 4.74 Å². The van der Waals surface area contributed by atoms with Crippen molar-refractivity contribution in [3.8, 4) is 16.9 Å². The van der Waals surface area contributed by atoms with Crippen molar-refractivity contribution in [2.24, 2.45) is 5.73 Å². The maximum atomic E-state index is 5.96. The van der Waals surface area contributed by atoms with E-state index in [0.29, 0.717) is 11.6 Å². The van der Waals surface area contributed by atoms with Crippen molar-refractivity contribution in [1.82, 2.24) is 0 Å². The molecule has 2 nitrogen and oxygen atoms in total. The Labute approximate surface area is 106 Å². The van der Waals surface area contributed by atoms with E-state index >= 15 is 0 Å². The van der Waals surface area contributed by atoms with E-state index in [1.165, 1.54) is 0 Å². The van der Waals surface area contributed by atoms with E-state index in [9.17, 15) is 0 Å². The van der Waals surface area contributed by atoms with Crippen molar-refractivity contribution >= 4 is 11.6 Å². The van der Waals surface area contributed by atoms with E-state index in [4.69, 9.17) is 22.1 Å². The zero-order chi connectivity index (χ0) is 12.3. The van der Waals surface area contributed by atoms with Crippen LogP contribution in [0.4, 0.5) is 0 Å². The molecular formula is C14H14ClNO. The molecule has 3 heteroatoms. The molecule has 0 aliphatic rings. The van der Waals surface area contributed by atoms with Gasteiger partial charge in [-0.25, -0.2) is 0 Å². The molecule has 0 aromatic heterocycles. The molecule has 0 amide bonds. The lowest BCUT2D eigenvalue weighted by molar-refractivity contribution is 0.415. The zero-order valence-electron chi connectivity index (χ0n) is 9.61. The monoisotopic (exact) mass is 247 g/mol. The van der Waals surface area contributed by atoms with Gasteiger partial charge in [-0.2, -0.15) is 0 Å². The summed E-state index contributed by atoms with van der Waals surface area (Å²) in [6.07, 6.45) is 0. The molecule has 0 saturated heterocycles. The first kappa shape index (κ1) is 12.0. The SMILES string of the molecule is COc1ccc(-c2ccc(Cl)cc2CN)cc1. The summed E-state index contributed by atoms with van der Waals surface area (Å²) in [5, 5.41) is 0.711. The molecule has 0 unspecified atom stereocenters. The van der Waals surface area contributed by atoms with E-state index in [0.717, 1.165) is 22.4 Å². The number of rotatable bonds is 3. The lowest BCUT2D eigenvalue weighted by atomic mass is 10.00. The predicted molar refractivity (Wildman–Crippen MR) is 71.3 cm³/mol. The van der Waals surface area contributed by atoms with E-state index in [1.54, 1.807) is 7.11 Å². The van der Waals surface area contributed by atoms with Crippen LogP contribution in [0.1, 0.15) is 5.56 Å². The molecule has 0 fully saturated rings. The standard InChI is InChI=1S/C14H14ClNO/c1-17-13-5-2-10(3-6-13)14-7-4-12(15)8-11(14)9-16/h2-8H,9,16H2,1H3. The van der Waals surface area contributed by atoms with Gasteiger partial charge in [0.15, 0.2) is 0 Å². The third-order valence-corrected chi connectivity index (χ3v) is 2.92. The molecule has 0 spiro atoms. The Morgan fingerprint density at radius 2 is 1.82 bits per heavy atom. The number of nitrogens with two attached hydrogens (primary N) is 1. The Hall–Kier alpha value is -1.51. The highest BCUT2D eigenvalue weighted by Crippen LogP contribution is 2.27. The molecule has 2 aromatic rings. The summed E-state index contributed by atoms with van der Waals surface area (Å²) in [5.74, 6) is 0.844. The first-order valence-corrected chi connectivity index (χ1v) is 5.75. The molecular weight excluding hydrogens is 234 g/mol. The number of methoxy groups -OCH3 is 1. The van der Waals surface area contributed by atoms with Crippen LogP contribution in [0.3, 0.4) is 0 Å². The number of ether oxygens (including phenoxy) is 1. The van der Waals surface area contributed by atoms with Crippen molar-refractivity contribution in [2.75, 3.05) is 7.11 Å². The Morgan fingerprint density at radius 3 is 2.41 bits per heavy atom. The number of halogens is 1. The van der Waals surface area contributed by atoms with E-state index in [1.807, 2.05) is 42.5 Å². The summed E-state index contributed by atoms with van der Waals surface area (Å²) in [6, 6.07) is 13.7. The molecule has 0 saturated carbocycles. The minimum absolute atomic E-state index is 0.474. The fourth-order valence-electron chi connectivity index (χ4n) is 1.78. The summed E-state index contributed by atoms with van der Waals surface area (Å²) in [6.45, 7) is 0.474. The summed E-state index contributed by atoms with van der Waals surface area (Å²) in [7, 11) is 1.66. The largest absolute Gasteiger partial charge is 0.497 e. The summed E-state index contributed by atoms with van der Waals surface area (Å²) < 4.78 is 5.13. The van der Waals surface area contributed by atoms with Crippen LogP contribution in [0.2, 0.25) is 5.02 Å². The third kappa shape index (κ3) is 2.60. The van der Waals surface area contributed by atoms with Crippen molar-refractivity contribution in [2.45, 2.75) is 6.54 Å². The molecule has 0 aliphatic carbocycles. The van der Waals surface area contributed by atoms with Crippen LogP contribution in [-0.4, -0.2) is 7.11 Å². The van der Waals surface area contributed by atoms with Gasteiger partial charge in [0.25, 0.3) is 0 Å². The lowest BCUT2D eigenvalue weighted by Gasteiger charge is -2.09. The fraction of sp³-hybridized carbons (Fsp3) is 0.143. The molecule has 0 aliphatic heterocycles. The van der Waals surface area contributed by atoms with Crippen LogP contribution in [-0.2, 0) is 6.54 Å². The normalized spacial score (nSPS) is 10.3. The highest BCUT2D eigenvalue weighted by atomic mass is 35.5. The van der Waals surface area contributed by atoms with Crippen LogP contribution in [0.5, 0.6) is 5.75 Å². The molecule has 2 N–H and O–H groups in total.